The fourth-order valence-electron chi connectivity index (χ4n) is 0.370. The Balaban J connectivity index is 4.01. The number of hydrogen-bond acceptors (Lipinski definition) is 4. The third kappa shape index (κ3) is 4.20. The van der Waals surface area contributed by atoms with Crippen LogP contribution in [0.4, 0.5) is 14.4 Å². The molecule has 0 unspecified atom stereocenters. The van der Waals surface area contributed by atoms with Gasteiger partial charge in [0.1, 0.15) is 0 Å². The Morgan fingerprint density at radius 2 is 1.92 bits per heavy atom. The number of primary amides is 1. The van der Waals surface area contributed by atoms with E-state index in [4.69, 9.17) is 5.26 Å². The number of rotatable bonds is 0. The number of nitriles is 1. The highest BCUT2D eigenvalue weighted by Gasteiger charge is 2.12. The molecule has 4 N–H and O–H groups in total. The number of nitrogens with zero attached hydrogens (tertiary/aromatic N) is 2. The lowest BCUT2D eigenvalue weighted by molar-refractivity contribution is 0.215. The summed E-state index contributed by atoms with van der Waals surface area (Å²) in [5, 5.41) is 11.5. The lowest BCUT2D eigenvalue weighted by Crippen LogP contribution is -2.47. The Hall–Kier alpha value is -2.30. The van der Waals surface area contributed by atoms with Crippen molar-refractivity contribution in [2.24, 2.45) is 5.73 Å². The van der Waals surface area contributed by atoms with Crippen LogP contribution in [-0.2, 0) is 0 Å². The minimum atomic E-state index is -1.09. The van der Waals surface area contributed by atoms with Gasteiger partial charge in [-0.3, -0.25) is 10.6 Å². The van der Waals surface area contributed by atoms with Crippen LogP contribution in [0.2, 0.25) is 0 Å². The monoisotopic (exact) mass is 185 g/mol. The highest BCUT2D eigenvalue weighted by Crippen LogP contribution is 1.79. The maximum atomic E-state index is 10.7. The molecule has 0 radical (unpaired) electrons. The van der Waals surface area contributed by atoms with Gasteiger partial charge in [-0.2, -0.15) is 5.26 Å². The van der Waals surface area contributed by atoms with Gasteiger partial charge >= 0.3 is 18.1 Å². The molecule has 8 heteroatoms. The van der Waals surface area contributed by atoms with Crippen LogP contribution >= 0.6 is 0 Å². The molecule has 0 aromatic heterocycles. The van der Waals surface area contributed by atoms with E-state index < -0.39 is 18.1 Å². The second-order valence-corrected chi connectivity index (χ2v) is 1.91. The van der Waals surface area contributed by atoms with Gasteiger partial charge < -0.3 is 5.73 Å². The molecule has 6 amide bonds. The van der Waals surface area contributed by atoms with Gasteiger partial charge in [-0.15, -0.1) is 0 Å². The number of amides is 6. The van der Waals surface area contributed by atoms with Crippen LogP contribution < -0.4 is 16.4 Å². The third-order valence-electron chi connectivity index (χ3n) is 0.912. The molecule has 0 saturated heterocycles. The van der Waals surface area contributed by atoms with Crippen LogP contribution in [0.3, 0.4) is 0 Å². The zero-order valence-electron chi connectivity index (χ0n) is 6.70. The van der Waals surface area contributed by atoms with Gasteiger partial charge in [0.15, 0.2) is 6.19 Å². The van der Waals surface area contributed by atoms with E-state index in [-0.39, 0.29) is 0 Å². The fraction of sp³-hybridized carbons (Fsp3) is 0.200. The highest BCUT2D eigenvalue weighted by molar-refractivity contribution is 6.00. The number of urea groups is 3. The average Bonchev–Trinajstić information content (AvgIpc) is 2.01. The molecule has 0 aromatic rings. The standard InChI is InChI=1S/C5H7N5O3/c1-10(2-6)5(13)9-4(12)8-3(7)11/h1H3,(H4,7,8,9,11,12,13). The topological polar surface area (TPSA) is 128 Å². The van der Waals surface area contributed by atoms with Crippen LogP contribution in [0.15, 0.2) is 0 Å². The van der Waals surface area contributed by atoms with E-state index in [1.54, 1.807) is 10.6 Å². The number of hydrogen-bond donors (Lipinski definition) is 3. The molecule has 0 saturated carbocycles. The van der Waals surface area contributed by atoms with E-state index in [0.29, 0.717) is 4.90 Å². The molecule has 8 nitrogen and oxygen atoms in total. The Morgan fingerprint density at radius 3 is 2.31 bits per heavy atom. The Morgan fingerprint density at radius 1 is 1.38 bits per heavy atom. The smallest absolute Gasteiger partial charge is 0.338 e. The SMILES string of the molecule is CN(C#N)C(=O)NC(=O)NC(N)=O. The number of carbonyl (C=O) groups is 3. The first-order valence-electron chi connectivity index (χ1n) is 3.02. The lowest BCUT2D eigenvalue weighted by atomic mass is 10.7. The molecule has 0 aliphatic rings. The van der Waals surface area contributed by atoms with E-state index in [9.17, 15) is 14.4 Å². The molecule has 0 heterocycles. The molecule has 0 bridgehead atoms. The zero-order valence-corrected chi connectivity index (χ0v) is 6.70. The summed E-state index contributed by atoms with van der Waals surface area (Å²) >= 11 is 0. The van der Waals surface area contributed by atoms with E-state index in [1.165, 1.54) is 6.19 Å². The molecule has 0 rings (SSSR count). The van der Waals surface area contributed by atoms with Gasteiger partial charge in [0, 0.05) is 7.05 Å². The van der Waals surface area contributed by atoms with Crippen LogP contribution in [-0.4, -0.2) is 30.0 Å². The van der Waals surface area contributed by atoms with E-state index in [0.717, 1.165) is 7.05 Å². The van der Waals surface area contributed by atoms with Crippen molar-refractivity contribution in [3.05, 3.63) is 0 Å². The van der Waals surface area contributed by atoms with Crippen molar-refractivity contribution in [2.75, 3.05) is 7.05 Å². The molecular formula is C5H7N5O3. The summed E-state index contributed by atoms with van der Waals surface area (Å²) in [4.78, 5) is 32.0. The van der Waals surface area contributed by atoms with Crippen LogP contribution in [0.1, 0.15) is 0 Å². The largest absolute Gasteiger partial charge is 0.351 e. The number of imide groups is 2. The van der Waals surface area contributed by atoms with Crippen molar-refractivity contribution < 1.29 is 14.4 Å². The molecule has 0 aliphatic carbocycles. The molecule has 0 atom stereocenters. The fourth-order valence-corrected chi connectivity index (χ4v) is 0.370. The lowest BCUT2D eigenvalue weighted by Gasteiger charge is -2.07. The summed E-state index contributed by atoms with van der Waals surface area (Å²) in [7, 11) is 1.15. The second-order valence-electron chi connectivity index (χ2n) is 1.91. The first-order valence-corrected chi connectivity index (χ1v) is 3.02. The molecular weight excluding hydrogens is 178 g/mol. The van der Waals surface area contributed by atoms with E-state index in [1.807, 2.05) is 0 Å². The summed E-state index contributed by atoms with van der Waals surface area (Å²) in [5.74, 6) is 0. The van der Waals surface area contributed by atoms with E-state index >= 15 is 0 Å². The van der Waals surface area contributed by atoms with Crippen LogP contribution in [0.5, 0.6) is 0 Å². The van der Waals surface area contributed by atoms with Gasteiger partial charge in [-0.05, 0) is 0 Å². The van der Waals surface area contributed by atoms with Crippen molar-refractivity contribution in [2.45, 2.75) is 0 Å². The molecule has 13 heavy (non-hydrogen) atoms. The maximum absolute atomic E-state index is 10.7. The molecule has 0 fully saturated rings. The Kier molecular flexibility index (Phi) is 3.75. The molecule has 0 spiro atoms. The molecule has 70 valence electrons. The highest BCUT2D eigenvalue weighted by atomic mass is 16.2. The van der Waals surface area contributed by atoms with Crippen LogP contribution in [0, 0.1) is 11.5 Å². The Labute approximate surface area is 73.3 Å². The molecule has 0 aliphatic heterocycles. The average molecular weight is 185 g/mol. The minimum Gasteiger partial charge on any atom is -0.351 e. The van der Waals surface area contributed by atoms with Crippen molar-refractivity contribution in [1.29, 1.82) is 5.26 Å². The number of carbonyl (C=O) groups excluding carboxylic acids is 3. The summed E-state index contributed by atoms with van der Waals surface area (Å²) in [6, 6.07) is -3.13. The summed E-state index contributed by atoms with van der Waals surface area (Å²) < 4.78 is 0. The predicted octanol–water partition coefficient (Wildman–Crippen LogP) is -1.10. The van der Waals surface area contributed by atoms with Crippen molar-refractivity contribution in [1.82, 2.24) is 15.5 Å². The zero-order chi connectivity index (χ0) is 10.4. The normalized spacial score (nSPS) is 8.00. The summed E-state index contributed by atoms with van der Waals surface area (Å²) in [5.41, 5.74) is 4.58. The minimum absolute atomic E-state index is 0.570. The number of nitrogens with one attached hydrogen (secondary N) is 2. The van der Waals surface area contributed by atoms with Gasteiger partial charge in [0.2, 0.25) is 0 Å². The van der Waals surface area contributed by atoms with Crippen molar-refractivity contribution >= 4 is 18.1 Å². The first-order chi connectivity index (χ1) is 5.97. The predicted molar refractivity (Wildman–Crippen MR) is 40.0 cm³/mol. The van der Waals surface area contributed by atoms with Gasteiger partial charge in [0.25, 0.3) is 0 Å². The summed E-state index contributed by atoms with van der Waals surface area (Å²) in [6.45, 7) is 0. The van der Waals surface area contributed by atoms with Gasteiger partial charge in [-0.25, -0.2) is 19.3 Å². The van der Waals surface area contributed by atoms with Crippen molar-refractivity contribution in [3.63, 3.8) is 0 Å². The Bertz CT molecular complexity index is 280. The van der Waals surface area contributed by atoms with Gasteiger partial charge in [-0.1, -0.05) is 0 Å². The van der Waals surface area contributed by atoms with E-state index in [2.05, 4.69) is 5.73 Å². The van der Waals surface area contributed by atoms with Crippen LogP contribution in [0.25, 0.3) is 0 Å². The molecule has 0 aromatic carbocycles. The number of nitrogens with two attached hydrogens (primary N) is 1. The quantitative estimate of drug-likeness (QED) is 0.326. The first kappa shape index (κ1) is 10.7. The third-order valence-corrected chi connectivity index (χ3v) is 0.912. The van der Waals surface area contributed by atoms with Crippen molar-refractivity contribution in [3.8, 4) is 6.19 Å². The second kappa shape index (κ2) is 4.55. The summed E-state index contributed by atoms with van der Waals surface area (Å²) in [6.07, 6.45) is 1.45. The maximum Gasteiger partial charge on any atom is 0.338 e. The van der Waals surface area contributed by atoms with Gasteiger partial charge in [0.05, 0.1) is 0 Å².